The highest BCUT2D eigenvalue weighted by atomic mass is 127. The summed E-state index contributed by atoms with van der Waals surface area (Å²) in [4.78, 5) is 11.6. The molecule has 0 amide bonds. The first-order valence-electron chi connectivity index (χ1n) is 8.33. The standard InChI is InChI=1S/C17H22N6OS.HI/c1-3-12-7-8-13(25-12)10-19-17(18-4-2)20-11-15-21-16(23-22-15)14-6-5-9-24-14;/h5-9H,3-4,10-11H2,1-2H3,(H2,18,19,20)(H,21,22,23);1H. The minimum Gasteiger partial charge on any atom is -0.461 e. The minimum atomic E-state index is 0. The molecule has 3 aromatic rings. The predicted molar refractivity (Wildman–Crippen MR) is 115 cm³/mol. The molecule has 0 fully saturated rings. The van der Waals surface area contributed by atoms with Gasteiger partial charge in [0.25, 0.3) is 0 Å². The third kappa shape index (κ3) is 5.56. The Balaban J connectivity index is 0.00000243. The molecule has 0 aliphatic heterocycles. The molecule has 9 heteroatoms. The Bertz CT molecular complexity index is 811. The van der Waals surface area contributed by atoms with Crippen LogP contribution in [0.5, 0.6) is 0 Å². The fourth-order valence-corrected chi connectivity index (χ4v) is 3.15. The summed E-state index contributed by atoms with van der Waals surface area (Å²) >= 11 is 1.83. The number of aromatic amines is 1. The van der Waals surface area contributed by atoms with E-state index in [0.29, 0.717) is 24.0 Å². The van der Waals surface area contributed by atoms with Crippen molar-refractivity contribution in [2.24, 2.45) is 4.99 Å². The Labute approximate surface area is 173 Å². The maximum absolute atomic E-state index is 5.29. The number of nitrogens with zero attached hydrogens (tertiary/aromatic N) is 3. The number of hydrogen-bond acceptors (Lipinski definition) is 5. The number of H-pyrrole nitrogens is 1. The monoisotopic (exact) mass is 486 g/mol. The molecule has 0 unspecified atom stereocenters. The average molecular weight is 486 g/mol. The van der Waals surface area contributed by atoms with Crippen LogP contribution in [0.2, 0.25) is 0 Å². The molecular weight excluding hydrogens is 463 g/mol. The molecular formula is C17H23IN6OS. The molecule has 7 nitrogen and oxygen atoms in total. The van der Waals surface area contributed by atoms with E-state index in [1.54, 1.807) is 6.26 Å². The molecule has 3 N–H and O–H groups in total. The molecule has 3 rings (SSSR count). The van der Waals surface area contributed by atoms with Crippen molar-refractivity contribution in [3.05, 3.63) is 46.1 Å². The van der Waals surface area contributed by atoms with E-state index in [-0.39, 0.29) is 24.0 Å². The highest BCUT2D eigenvalue weighted by molar-refractivity contribution is 14.0. The molecule has 140 valence electrons. The fraction of sp³-hybridized carbons (Fsp3) is 0.353. The van der Waals surface area contributed by atoms with Crippen molar-refractivity contribution in [1.29, 1.82) is 0 Å². The number of aryl methyl sites for hydroxylation is 1. The van der Waals surface area contributed by atoms with Gasteiger partial charge in [-0.3, -0.25) is 5.10 Å². The summed E-state index contributed by atoms with van der Waals surface area (Å²) in [6.07, 6.45) is 2.67. The number of hydrogen-bond donors (Lipinski definition) is 3. The fourth-order valence-electron chi connectivity index (χ4n) is 2.26. The van der Waals surface area contributed by atoms with Crippen LogP contribution in [0.25, 0.3) is 11.6 Å². The zero-order chi connectivity index (χ0) is 17.5. The number of rotatable bonds is 7. The van der Waals surface area contributed by atoms with Crippen molar-refractivity contribution in [2.75, 3.05) is 6.54 Å². The molecule has 3 aromatic heterocycles. The van der Waals surface area contributed by atoms with Gasteiger partial charge in [-0.2, -0.15) is 0 Å². The van der Waals surface area contributed by atoms with E-state index in [2.05, 4.69) is 49.9 Å². The van der Waals surface area contributed by atoms with Crippen molar-refractivity contribution in [1.82, 2.24) is 25.8 Å². The summed E-state index contributed by atoms with van der Waals surface area (Å²) < 4.78 is 5.29. The summed E-state index contributed by atoms with van der Waals surface area (Å²) in [6.45, 7) is 6.17. The summed E-state index contributed by atoms with van der Waals surface area (Å²) in [5, 5.41) is 13.6. The number of furan rings is 1. The van der Waals surface area contributed by atoms with Crippen LogP contribution in [-0.4, -0.2) is 27.7 Å². The van der Waals surface area contributed by atoms with Gasteiger partial charge in [-0.15, -0.1) is 40.4 Å². The lowest BCUT2D eigenvalue weighted by molar-refractivity contribution is 0.577. The van der Waals surface area contributed by atoms with Crippen LogP contribution in [0.15, 0.2) is 39.9 Å². The molecule has 0 atom stereocenters. The highest BCUT2D eigenvalue weighted by Crippen LogP contribution is 2.16. The number of halogens is 1. The van der Waals surface area contributed by atoms with E-state index in [1.807, 2.05) is 30.4 Å². The van der Waals surface area contributed by atoms with E-state index >= 15 is 0 Å². The SMILES string of the molecule is CCNC(=NCc1nc(-c2ccco2)n[nH]1)NCc1ccc(CC)s1.I. The molecule has 0 saturated heterocycles. The smallest absolute Gasteiger partial charge is 0.216 e. The summed E-state index contributed by atoms with van der Waals surface area (Å²) in [7, 11) is 0. The summed E-state index contributed by atoms with van der Waals surface area (Å²) in [5.74, 6) is 2.62. The number of thiophene rings is 1. The quantitative estimate of drug-likeness (QED) is 0.270. The first kappa shape index (κ1) is 20.4. The second-order valence-corrected chi connectivity index (χ2v) is 6.61. The van der Waals surface area contributed by atoms with Crippen LogP contribution >= 0.6 is 35.3 Å². The number of guanidine groups is 1. The van der Waals surface area contributed by atoms with E-state index in [0.717, 1.165) is 25.5 Å². The van der Waals surface area contributed by atoms with Crippen LogP contribution in [0, 0.1) is 0 Å². The summed E-state index contributed by atoms with van der Waals surface area (Å²) in [6, 6.07) is 7.97. The second-order valence-electron chi connectivity index (χ2n) is 5.35. The Kier molecular flexibility index (Phi) is 8.10. The van der Waals surface area contributed by atoms with Gasteiger partial charge in [-0.1, -0.05) is 6.92 Å². The van der Waals surface area contributed by atoms with Crippen molar-refractivity contribution in [3.8, 4) is 11.6 Å². The third-order valence-electron chi connectivity index (χ3n) is 3.50. The van der Waals surface area contributed by atoms with Crippen LogP contribution in [0.4, 0.5) is 0 Å². The third-order valence-corrected chi connectivity index (χ3v) is 4.73. The van der Waals surface area contributed by atoms with E-state index < -0.39 is 0 Å². The first-order chi connectivity index (χ1) is 12.3. The topological polar surface area (TPSA) is 91.1 Å². The Morgan fingerprint density at radius 2 is 2.08 bits per heavy atom. The van der Waals surface area contributed by atoms with Crippen LogP contribution in [-0.2, 0) is 19.5 Å². The molecule has 26 heavy (non-hydrogen) atoms. The van der Waals surface area contributed by atoms with Crippen LogP contribution < -0.4 is 10.6 Å². The molecule has 0 aliphatic rings. The van der Waals surface area contributed by atoms with Gasteiger partial charge in [-0.05, 0) is 37.6 Å². The maximum atomic E-state index is 5.29. The van der Waals surface area contributed by atoms with Crippen LogP contribution in [0.3, 0.4) is 0 Å². The van der Waals surface area contributed by atoms with Crippen molar-refractivity contribution >= 4 is 41.3 Å². The molecule has 0 aliphatic carbocycles. The second kappa shape index (κ2) is 10.3. The van der Waals surface area contributed by atoms with Gasteiger partial charge >= 0.3 is 0 Å². The molecule has 0 bridgehead atoms. The molecule has 3 heterocycles. The lowest BCUT2D eigenvalue weighted by atomic mass is 10.4. The van der Waals surface area contributed by atoms with Crippen molar-refractivity contribution in [2.45, 2.75) is 33.4 Å². The molecule has 0 aromatic carbocycles. The highest BCUT2D eigenvalue weighted by Gasteiger charge is 2.08. The van der Waals surface area contributed by atoms with Gasteiger partial charge in [-0.25, -0.2) is 9.98 Å². The largest absolute Gasteiger partial charge is 0.461 e. The molecule has 0 spiro atoms. The zero-order valence-corrected chi connectivity index (χ0v) is 17.9. The zero-order valence-electron chi connectivity index (χ0n) is 14.8. The summed E-state index contributed by atoms with van der Waals surface area (Å²) in [5.41, 5.74) is 0. The van der Waals surface area contributed by atoms with Gasteiger partial charge in [0.2, 0.25) is 5.82 Å². The average Bonchev–Trinajstić information content (AvgIpc) is 3.38. The molecule has 0 saturated carbocycles. The Morgan fingerprint density at radius 3 is 2.77 bits per heavy atom. The van der Waals surface area contributed by atoms with E-state index in [1.165, 1.54) is 9.75 Å². The Hall–Kier alpha value is -1.88. The van der Waals surface area contributed by atoms with Gasteiger partial charge < -0.3 is 15.1 Å². The normalized spacial score (nSPS) is 11.2. The Morgan fingerprint density at radius 1 is 1.23 bits per heavy atom. The predicted octanol–water partition coefficient (Wildman–Crippen LogP) is 3.56. The van der Waals surface area contributed by atoms with Crippen molar-refractivity contribution in [3.63, 3.8) is 0 Å². The van der Waals surface area contributed by atoms with Crippen molar-refractivity contribution < 1.29 is 4.42 Å². The van der Waals surface area contributed by atoms with Gasteiger partial charge in [0.15, 0.2) is 11.7 Å². The number of aliphatic imine (C=N–C) groups is 1. The molecule has 0 radical (unpaired) electrons. The number of aromatic nitrogens is 3. The minimum absolute atomic E-state index is 0. The van der Waals surface area contributed by atoms with Gasteiger partial charge in [0.05, 0.1) is 12.8 Å². The number of nitrogens with one attached hydrogen (secondary N) is 3. The van der Waals surface area contributed by atoms with Gasteiger partial charge in [0.1, 0.15) is 12.4 Å². The first-order valence-corrected chi connectivity index (χ1v) is 9.15. The van der Waals surface area contributed by atoms with Crippen LogP contribution in [0.1, 0.15) is 29.4 Å². The maximum Gasteiger partial charge on any atom is 0.216 e. The van der Waals surface area contributed by atoms with E-state index in [9.17, 15) is 0 Å². The lowest BCUT2D eigenvalue weighted by Crippen LogP contribution is -2.36. The van der Waals surface area contributed by atoms with E-state index in [4.69, 9.17) is 4.42 Å². The lowest BCUT2D eigenvalue weighted by Gasteiger charge is -2.09. The van der Waals surface area contributed by atoms with Gasteiger partial charge in [0, 0.05) is 16.3 Å².